The second-order valence-corrected chi connectivity index (χ2v) is 4.97. The van der Waals surface area contributed by atoms with E-state index in [1.807, 2.05) is 38.1 Å². The summed E-state index contributed by atoms with van der Waals surface area (Å²) in [7, 11) is 0. The number of aromatic nitrogens is 2. The zero-order valence-electron chi connectivity index (χ0n) is 11.8. The number of carbonyl (C=O) groups excluding carboxylic acids is 1. The number of hydrogen-bond acceptors (Lipinski definition) is 2. The Hall–Kier alpha value is -1.90. The average Bonchev–Trinajstić information content (AvgIpc) is 2.75. The molecule has 0 aliphatic rings. The van der Waals surface area contributed by atoms with E-state index in [1.165, 1.54) is 5.56 Å². The van der Waals surface area contributed by atoms with Crippen LogP contribution in [0.3, 0.4) is 0 Å². The van der Waals surface area contributed by atoms with Gasteiger partial charge in [0, 0.05) is 11.6 Å². The van der Waals surface area contributed by atoms with Crippen molar-refractivity contribution in [1.29, 1.82) is 0 Å². The molecule has 100 valence electrons. The predicted octanol–water partition coefficient (Wildman–Crippen LogP) is 3.41. The first-order valence-corrected chi connectivity index (χ1v) is 6.73. The molecule has 3 nitrogen and oxygen atoms in total. The number of hydrogen-bond donors (Lipinski definition) is 0. The summed E-state index contributed by atoms with van der Waals surface area (Å²) in [4.78, 5) is 12.5. The predicted molar refractivity (Wildman–Crippen MR) is 76.3 cm³/mol. The zero-order valence-corrected chi connectivity index (χ0v) is 11.8. The monoisotopic (exact) mass is 256 g/mol. The fourth-order valence-corrected chi connectivity index (χ4v) is 2.33. The Labute approximate surface area is 114 Å². The smallest absolute Gasteiger partial charge is 0.250 e. The molecule has 1 aromatic heterocycles. The minimum atomic E-state index is -0.0135. The molecule has 0 bridgehead atoms. The molecule has 2 rings (SSSR count). The van der Waals surface area contributed by atoms with Crippen LogP contribution in [0.25, 0.3) is 0 Å². The summed E-state index contributed by atoms with van der Waals surface area (Å²) in [6.45, 7) is 5.89. The van der Waals surface area contributed by atoms with Crippen molar-refractivity contribution in [2.75, 3.05) is 0 Å². The minimum absolute atomic E-state index is 0.0135. The first kappa shape index (κ1) is 13.5. The lowest BCUT2D eigenvalue weighted by atomic mass is 9.96. The van der Waals surface area contributed by atoms with Crippen molar-refractivity contribution >= 4 is 5.91 Å². The summed E-state index contributed by atoms with van der Waals surface area (Å²) in [5.41, 5.74) is 3.00. The van der Waals surface area contributed by atoms with Crippen LogP contribution in [0.15, 0.2) is 36.4 Å². The molecule has 0 saturated heterocycles. The fourth-order valence-electron chi connectivity index (χ4n) is 2.33. The van der Waals surface area contributed by atoms with Gasteiger partial charge in [0.2, 0.25) is 0 Å². The minimum Gasteiger partial charge on any atom is -0.272 e. The lowest BCUT2D eigenvalue weighted by molar-refractivity contribution is 0.0809. The van der Waals surface area contributed by atoms with E-state index < -0.39 is 0 Å². The molecule has 2 aromatic rings. The molecule has 0 saturated carbocycles. The Kier molecular flexibility index (Phi) is 4.15. The van der Waals surface area contributed by atoms with Crippen molar-refractivity contribution in [3.8, 4) is 0 Å². The molecule has 1 heterocycles. The van der Waals surface area contributed by atoms with Crippen LogP contribution in [-0.4, -0.2) is 15.7 Å². The second kappa shape index (κ2) is 5.83. The van der Waals surface area contributed by atoms with Crippen LogP contribution in [0.4, 0.5) is 0 Å². The van der Waals surface area contributed by atoms with Crippen molar-refractivity contribution in [2.45, 2.75) is 33.6 Å². The Bertz CT molecular complexity index is 557. The van der Waals surface area contributed by atoms with Crippen LogP contribution < -0.4 is 0 Å². The third-order valence-electron chi connectivity index (χ3n) is 3.39. The van der Waals surface area contributed by atoms with E-state index in [-0.39, 0.29) is 11.8 Å². The van der Waals surface area contributed by atoms with Crippen LogP contribution in [0.1, 0.15) is 35.1 Å². The molecule has 0 aliphatic heterocycles. The van der Waals surface area contributed by atoms with E-state index in [4.69, 9.17) is 0 Å². The first-order valence-electron chi connectivity index (χ1n) is 6.73. The van der Waals surface area contributed by atoms with E-state index in [0.717, 1.165) is 24.2 Å². The maximum atomic E-state index is 12.5. The van der Waals surface area contributed by atoms with Gasteiger partial charge in [-0.2, -0.15) is 5.10 Å². The van der Waals surface area contributed by atoms with Crippen molar-refractivity contribution in [3.63, 3.8) is 0 Å². The van der Waals surface area contributed by atoms with Crippen molar-refractivity contribution in [2.24, 2.45) is 5.92 Å². The number of nitrogens with zero attached hydrogens (tertiary/aromatic N) is 2. The Morgan fingerprint density at radius 2 is 1.95 bits per heavy atom. The maximum absolute atomic E-state index is 12.5. The fraction of sp³-hybridized carbons (Fsp3) is 0.375. The largest absolute Gasteiger partial charge is 0.272 e. The van der Waals surface area contributed by atoms with Gasteiger partial charge in [0.1, 0.15) is 0 Å². The molecule has 3 heteroatoms. The SMILES string of the molecule is CCC(Cc1ccccc1)C(=O)n1nc(C)cc1C. The number of carbonyl (C=O) groups is 1. The number of rotatable bonds is 4. The molecule has 0 N–H and O–H groups in total. The van der Waals surface area contributed by atoms with Gasteiger partial charge in [0.15, 0.2) is 0 Å². The molecule has 0 radical (unpaired) electrons. The molecule has 19 heavy (non-hydrogen) atoms. The molecule has 0 amide bonds. The topological polar surface area (TPSA) is 34.9 Å². The quantitative estimate of drug-likeness (QED) is 0.840. The van der Waals surface area contributed by atoms with Crippen LogP contribution in [0.2, 0.25) is 0 Å². The third kappa shape index (κ3) is 3.11. The van der Waals surface area contributed by atoms with Gasteiger partial charge < -0.3 is 0 Å². The van der Waals surface area contributed by atoms with Crippen molar-refractivity contribution in [3.05, 3.63) is 53.3 Å². The molecule has 1 aromatic carbocycles. The second-order valence-electron chi connectivity index (χ2n) is 4.97. The van der Waals surface area contributed by atoms with E-state index in [2.05, 4.69) is 24.2 Å². The Balaban J connectivity index is 2.18. The van der Waals surface area contributed by atoms with E-state index >= 15 is 0 Å². The molecule has 0 spiro atoms. The van der Waals surface area contributed by atoms with E-state index in [9.17, 15) is 4.79 Å². The first-order chi connectivity index (χ1) is 9.11. The maximum Gasteiger partial charge on any atom is 0.250 e. The summed E-state index contributed by atoms with van der Waals surface area (Å²) in [5.74, 6) is 0.0809. The van der Waals surface area contributed by atoms with Gasteiger partial charge in [0.05, 0.1) is 5.69 Å². The van der Waals surface area contributed by atoms with Gasteiger partial charge in [0.25, 0.3) is 5.91 Å². The Morgan fingerprint density at radius 3 is 2.47 bits per heavy atom. The normalized spacial score (nSPS) is 12.4. The standard InChI is InChI=1S/C16H20N2O/c1-4-15(11-14-8-6-5-7-9-14)16(19)18-13(3)10-12(2)17-18/h5-10,15H,4,11H2,1-3H3. The van der Waals surface area contributed by atoms with Crippen LogP contribution in [0.5, 0.6) is 0 Å². The van der Waals surface area contributed by atoms with Gasteiger partial charge in [-0.05, 0) is 38.3 Å². The third-order valence-corrected chi connectivity index (χ3v) is 3.39. The Morgan fingerprint density at radius 1 is 1.26 bits per heavy atom. The van der Waals surface area contributed by atoms with Crippen LogP contribution in [-0.2, 0) is 6.42 Å². The summed E-state index contributed by atoms with van der Waals surface area (Å²) < 4.78 is 1.55. The van der Waals surface area contributed by atoms with E-state index in [0.29, 0.717) is 0 Å². The van der Waals surface area contributed by atoms with E-state index in [1.54, 1.807) is 4.68 Å². The van der Waals surface area contributed by atoms with Crippen molar-refractivity contribution in [1.82, 2.24) is 9.78 Å². The highest BCUT2D eigenvalue weighted by Crippen LogP contribution is 2.16. The number of benzene rings is 1. The van der Waals surface area contributed by atoms with Crippen molar-refractivity contribution < 1.29 is 4.79 Å². The van der Waals surface area contributed by atoms with Gasteiger partial charge in [-0.15, -0.1) is 0 Å². The highest BCUT2D eigenvalue weighted by atomic mass is 16.2. The van der Waals surface area contributed by atoms with Gasteiger partial charge in [-0.3, -0.25) is 4.79 Å². The molecule has 0 aliphatic carbocycles. The summed E-state index contributed by atoms with van der Waals surface area (Å²) in [6.07, 6.45) is 1.60. The highest BCUT2D eigenvalue weighted by Gasteiger charge is 2.21. The zero-order chi connectivity index (χ0) is 13.8. The lowest BCUT2D eigenvalue weighted by Crippen LogP contribution is -2.25. The van der Waals surface area contributed by atoms with Gasteiger partial charge in [-0.25, -0.2) is 4.68 Å². The van der Waals surface area contributed by atoms with Crippen LogP contribution in [0, 0.1) is 19.8 Å². The average molecular weight is 256 g/mol. The highest BCUT2D eigenvalue weighted by molar-refractivity contribution is 5.81. The molecule has 0 fully saturated rings. The summed E-state index contributed by atoms with van der Waals surface area (Å²) >= 11 is 0. The summed E-state index contributed by atoms with van der Waals surface area (Å²) in [5, 5.41) is 4.29. The molecule has 1 atom stereocenters. The molecular formula is C16H20N2O. The van der Waals surface area contributed by atoms with Crippen LogP contribution >= 0.6 is 0 Å². The summed E-state index contributed by atoms with van der Waals surface area (Å²) in [6, 6.07) is 12.1. The number of aryl methyl sites for hydroxylation is 2. The lowest BCUT2D eigenvalue weighted by Gasteiger charge is -2.14. The molecule has 1 unspecified atom stereocenters. The van der Waals surface area contributed by atoms with Gasteiger partial charge >= 0.3 is 0 Å². The van der Waals surface area contributed by atoms with Gasteiger partial charge in [-0.1, -0.05) is 37.3 Å². The molecular weight excluding hydrogens is 236 g/mol.